The zero-order chi connectivity index (χ0) is 6.15. The van der Waals surface area contributed by atoms with Gasteiger partial charge in [-0.3, -0.25) is 9.59 Å². The fourth-order valence-electron chi connectivity index (χ4n) is 0.687. The molecule has 1 aliphatic rings. The lowest BCUT2D eigenvalue weighted by molar-refractivity contribution is -0.133. The number of rotatable bonds is 0. The summed E-state index contributed by atoms with van der Waals surface area (Å²) >= 11 is 3.07. The molecule has 0 aliphatic heterocycles. The summed E-state index contributed by atoms with van der Waals surface area (Å²) < 4.78 is 0. The molecule has 8 heavy (non-hydrogen) atoms. The van der Waals surface area contributed by atoms with Gasteiger partial charge in [0.1, 0.15) is 0 Å². The Bertz CT molecular complexity index is 141. The van der Waals surface area contributed by atoms with Gasteiger partial charge in [0.25, 0.3) is 0 Å². The van der Waals surface area contributed by atoms with Crippen LogP contribution < -0.4 is 0 Å². The average molecular weight is 177 g/mol. The monoisotopic (exact) mass is 176 g/mol. The number of hydrogen-bond donors (Lipinski definition) is 0. The molecule has 0 aromatic heterocycles. The summed E-state index contributed by atoms with van der Waals surface area (Å²) in [6, 6.07) is 0. The number of hydrogen-bond acceptors (Lipinski definition) is 2. The average Bonchev–Trinajstić information content (AvgIpc) is 1.98. The van der Waals surface area contributed by atoms with Crippen LogP contribution in [0.1, 0.15) is 12.8 Å². The maximum Gasteiger partial charge on any atom is 0.211 e. The molecule has 0 radical (unpaired) electrons. The van der Waals surface area contributed by atoms with Gasteiger partial charge < -0.3 is 0 Å². The highest BCUT2D eigenvalue weighted by Crippen LogP contribution is 2.17. The summed E-state index contributed by atoms with van der Waals surface area (Å²) in [4.78, 5) is 20.7. The normalized spacial score (nSPS) is 29.4. The van der Waals surface area contributed by atoms with Gasteiger partial charge in [-0.25, -0.2) is 0 Å². The van der Waals surface area contributed by atoms with E-state index in [1.807, 2.05) is 0 Å². The fraction of sp³-hybridized carbons (Fsp3) is 0.600. The second-order valence-electron chi connectivity index (χ2n) is 1.79. The molecule has 0 N–H and O–H groups in total. The molecule has 0 amide bonds. The molecule has 0 aromatic rings. The molecule has 0 saturated heterocycles. The van der Waals surface area contributed by atoms with Crippen molar-refractivity contribution < 1.29 is 9.59 Å². The summed E-state index contributed by atoms with van der Waals surface area (Å²) in [5.41, 5.74) is 0. The zero-order valence-electron chi connectivity index (χ0n) is 4.19. The van der Waals surface area contributed by atoms with Crippen LogP contribution in [0, 0.1) is 0 Å². The molecule has 2 nitrogen and oxygen atoms in total. The van der Waals surface area contributed by atoms with Crippen LogP contribution in [-0.4, -0.2) is 16.4 Å². The molecule has 0 heterocycles. The third kappa shape index (κ3) is 0.823. The van der Waals surface area contributed by atoms with Crippen molar-refractivity contribution in [2.24, 2.45) is 0 Å². The van der Waals surface area contributed by atoms with Crippen molar-refractivity contribution in [1.29, 1.82) is 0 Å². The van der Waals surface area contributed by atoms with E-state index in [2.05, 4.69) is 15.9 Å². The highest BCUT2D eigenvalue weighted by Gasteiger charge is 2.29. The SMILES string of the molecule is O=C1CCC(Br)C1=O. The van der Waals surface area contributed by atoms with E-state index in [1.165, 1.54) is 0 Å². The summed E-state index contributed by atoms with van der Waals surface area (Å²) in [5.74, 6) is -0.489. The smallest absolute Gasteiger partial charge is 0.211 e. The predicted molar refractivity (Wildman–Crippen MR) is 32.0 cm³/mol. The second kappa shape index (κ2) is 1.97. The molecule has 1 saturated carbocycles. The van der Waals surface area contributed by atoms with Crippen molar-refractivity contribution in [2.45, 2.75) is 17.7 Å². The van der Waals surface area contributed by atoms with E-state index in [0.717, 1.165) is 0 Å². The van der Waals surface area contributed by atoms with E-state index >= 15 is 0 Å². The van der Waals surface area contributed by atoms with Crippen molar-refractivity contribution in [3.63, 3.8) is 0 Å². The Morgan fingerprint density at radius 3 is 2.25 bits per heavy atom. The number of ketones is 2. The van der Waals surface area contributed by atoms with E-state index in [-0.39, 0.29) is 16.4 Å². The molecule has 1 fully saturated rings. The molecule has 0 aromatic carbocycles. The molecule has 1 rings (SSSR count). The quantitative estimate of drug-likeness (QED) is 0.402. The maximum absolute atomic E-state index is 10.5. The first-order valence-electron chi connectivity index (χ1n) is 2.43. The van der Waals surface area contributed by atoms with Crippen LogP contribution in [0.25, 0.3) is 0 Å². The largest absolute Gasteiger partial charge is 0.291 e. The van der Waals surface area contributed by atoms with Crippen LogP contribution in [0.4, 0.5) is 0 Å². The highest BCUT2D eigenvalue weighted by atomic mass is 79.9. The molecule has 1 aliphatic carbocycles. The Labute approximate surface area is 55.4 Å². The lowest BCUT2D eigenvalue weighted by atomic mass is 10.3. The van der Waals surface area contributed by atoms with Gasteiger partial charge >= 0.3 is 0 Å². The zero-order valence-corrected chi connectivity index (χ0v) is 5.77. The molecular formula is C5H5BrO2. The molecule has 44 valence electrons. The Kier molecular flexibility index (Phi) is 1.47. The lowest BCUT2D eigenvalue weighted by Gasteiger charge is -1.87. The maximum atomic E-state index is 10.5. The van der Waals surface area contributed by atoms with Crippen molar-refractivity contribution in [1.82, 2.24) is 0 Å². The van der Waals surface area contributed by atoms with Crippen LogP contribution in [0.2, 0.25) is 0 Å². The Hall–Kier alpha value is -0.180. The number of carbonyl (C=O) groups is 2. The van der Waals surface area contributed by atoms with E-state index in [4.69, 9.17) is 0 Å². The molecular weight excluding hydrogens is 172 g/mol. The predicted octanol–water partition coefficient (Wildman–Crippen LogP) is 0.682. The first-order valence-corrected chi connectivity index (χ1v) is 3.34. The van der Waals surface area contributed by atoms with E-state index in [9.17, 15) is 9.59 Å². The standard InChI is InChI=1S/C5H5BrO2/c6-3-1-2-4(7)5(3)8/h3H,1-2H2. The minimum absolute atomic E-state index is 0.185. The van der Waals surface area contributed by atoms with E-state index in [1.54, 1.807) is 0 Å². The molecule has 0 spiro atoms. The van der Waals surface area contributed by atoms with E-state index in [0.29, 0.717) is 12.8 Å². The minimum atomic E-state index is -0.259. The van der Waals surface area contributed by atoms with Gasteiger partial charge in [0.05, 0.1) is 4.83 Å². The van der Waals surface area contributed by atoms with Crippen molar-refractivity contribution >= 4 is 27.5 Å². The van der Waals surface area contributed by atoms with E-state index < -0.39 is 0 Å². The van der Waals surface area contributed by atoms with Gasteiger partial charge in [0.15, 0.2) is 5.78 Å². The number of halogens is 1. The summed E-state index contributed by atoms with van der Waals surface area (Å²) in [6.07, 6.45) is 1.10. The Morgan fingerprint density at radius 1 is 1.50 bits per heavy atom. The van der Waals surface area contributed by atoms with Crippen molar-refractivity contribution in [3.05, 3.63) is 0 Å². The first kappa shape index (κ1) is 5.95. The Balaban J connectivity index is 2.71. The van der Waals surface area contributed by atoms with Crippen LogP contribution in [0.5, 0.6) is 0 Å². The topological polar surface area (TPSA) is 34.1 Å². The van der Waals surface area contributed by atoms with Gasteiger partial charge in [-0.1, -0.05) is 15.9 Å². The number of Topliss-reactive ketones (excluding diaryl/α,β-unsaturated/α-hetero) is 2. The third-order valence-corrected chi connectivity index (χ3v) is 2.06. The summed E-state index contributed by atoms with van der Waals surface area (Å²) in [6.45, 7) is 0. The molecule has 1 unspecified atom stereocenters. The van der Waals surface area contributed by atoms with Gasteiger partial charge in [-0.15, -0.1) is 0 Å². The molecule has 0 bridgehead atoms. The Morgan fingerprint density at radius 2 is 2.12 bits per heavy atom. The summed E-state index contributed by atoms with van der Waals surface area (Å²) in [7, 11) is 0. The molecule has 1 atom stereocenters. The van der Waals surface area contributed by atoms with Gasteiger partial charge in [0, 0.05) is 6.42 Å². The van der Waals surface area contributed by atoms with Crippen molar-refractivity contribution in [3.8, 4) is 0 Å². The summed E-state index contributed by atoms with van der Waals surface area (Å²) in [5, 5.41) is 0. The molecule has 3 heteroatoms. The lowest BCUT2D eigenvalue weighted by Crippen LogP contribution is -2.11. The second-order valence-corrected chi connectivity index (χ2v) is 2.90. The van der Waals surface area contributed by atoms with Crippen molar-refractivity contribution in [2.75, 3.05) is 0 Å². The minimum Gasteiger partial charge on any atom is -0.291 e. The first-order chi connectivity index (χ1) is 3.72. The van der Waals surface area contributed by atoms with Gasteiger partial charge in [0.2, 0.25) is 5.78 Å². The van der Waals surface area contributed by atoms with Crippen LogP contribution in [0.3, 0.4) is 0 Å². The third-order valence-electron chi connectivity index (χ3n) is 1.18. The van der Waals surface area contributed by atoms with Gasteiger partial charge in [-0.2, -0.15) is 0 Å². The number of carbonyl (C=O) groups excluding carboxylic acids is 2. The number of alkyl halides is 1. The van der Waals surface area contributed by atoms with Crippen LogP contribution in [0.15, 0.2) is 0 Å². The fourth-order valence-corrected chi connectivity index (χ4v) is 1.17. The van der Waals surface area contributed by atoms with Gasteiger partial charge in [-0.05, 0) is 6.42 Å². The highest BCUT2D eigenvalue weighted by molar-refractivity contribution is 9.10. The van der Waals surface area contributed by atoms with Crippen LogP contribution in [-0.2, 0) is 9.59 Å². The van der Waals surface area contributed by atoms with Crippen LogP contribution >= 0.6 is 15.9 Å².